The largest absolute Gasteiger partial charge is 0.354 e. The zero-order chi connectivity index (χ0) is 13.0. The summed E-state index contributed by atoms with van der Waals surface area (Å²) in [6.45, 7) is 2.77. The standard InChI is InChI=1S/C15H22N2O/c1-12-6-2-3-7-13(12)8-11-17-14(18)15(16)9-4-5-10-15/h2-3,6-7H,4-5,8-11,16H2,1H3,(H,17,18). The second kappa shape index (κ2) is 5.53. The van der Waals surface area contributed by atoms with Crippen LogP contribution < -0.4 is 11.1 Å². The maximum atomic E-state index is 12.0. The van der Waals surface area contributed by atoms with Gasteiger partial charge < -0.3 is 11.1 Å². The molecule has 3 heteroatoms. The third-order valence-corrected chi connectivity index (χ3v) is 3.89. The average Bonchev–Trinajstić information content (AvgIpc) is 2.80. The first-order valence-corrected chi connectivity index (χ1v) is 6.73. The van der Waals surface area contributed by atoms with Gasteiger partial charge in [-0.05, 0) is 37.3 Å². The lowest BCUT2D eigenvalue weighted by atomic mass is 9.98. The van der Waals surface area contributed by atoms with Crippen molar-refractivity contribution in [3.63, 3.8) is 0 Å². The van der Waals surface area contributed by atoms with Crippen LogP contribution in [0.25, 0.3) is 0 Å². The average molecular weight is 246 g/mol. The molecule has 1 aromatic carbocycles. The van der Waals surface area contributed by atoms with Crippen LogP contribution in [0.15, 0.2) is 24.3 Å². The first kappa shape index (κ1) is 13.1. The Morgan fingerprint density at radius 2 is 2.00 bits per heavy atom. The minimum Gasteiger partial charge on any atom is -0.354 e. The minimum atomic E-state index is -0.605. The molecule has 0 atom stereocenters. The second-order valence-electron chi connectivity index (χ2n) is 5.30. The van der Waals surface area contributed by atoms with Gasteiger partial charge in [0.1, 0.15) is 0 Å². The predicted molar refractivity (Wildman–Crippen MR) is 73.3 cm³/mol. The Balaban J connectivity index is 1.82. The lowest BCUT2D eigenvalue weighted by molar-refractivity contribution is -0.126. The van der Waals surface area contributed by atoms with Crippen LogP contribution in [0.4, 0.5) is 0 Å². The van der Waals surface area contributed by atoms with E-state index in [0.29, 0.717) is 6.54 Å². The molecule has 0 spiro atoms. The molecule has 2 rings (SSSR count). The third-order valence-electron chi connectivity index (χ3n) is 3.89. The van der Waals surface area contributed by atoms with Crippen LogP contribution in [-0.4, -0.2) is 18.0 Å². The summed E-state index contributed by atoms with van der Waals surface area (Å²) in [7, 11) is 0. The summed E-state index contributed by atoms with van der Waals surface area (Å²) >= 11 is 0. The molecule has 0 unspecified atom stereocenters. The smallest absolute Gasteiger partial charge is 0.240 e. The summed E-state index contributed by atoms with van der Waals surface area (Å²) in [6, 6.07) is 8.27. The van der Waals surface area contributed by atoms with E-state index in [1.165, 1.54) is 11.1 Å². The van der Waals surface area contributed by atoms with Gasteiger partial charge in [-0.2, -0.15) is 0 Å². The number of hydrogen-bond donors (Lipinski definition) is 2. The Bertz CT molecular complexity index is 422. The molecule has 0 heterocycles. The number of carbonyl (C=O) groups is 1. The van der Waals surface area contributed by atoms with Crippen molar-refractivity contribution in [2.75, 3.05) is 6.54 Å². The summed E-state index contributed by atoms with van der Waals surface area (Å²) in [5, 5.41) is 2.98. The van der Waals surface area contributed by atoms with Crippen molar-refractivity contribution in [1.82, 2.24) is 5.32 Å². The summed E-state index contributed by atoms with van der Waals surface area (Å²) < 4.78 is 0. The fourth-order valence-electron chi connectivity index (χ4n) is 2.61. The fourth-order valence-corrected chi connectivity index (χ4v) is 2.61. The summed E-state index contributed by atoms with van der Waals surface area (Å²) in [4.78, 5) is 12.0. The monoisotopic (exact) mass is 246 g/mol. The molecule has 0 saturated heterocycles. The van der Waals surface area contributed by atoms with Crippen LogP contribution in [0, 0.1) is 6.92 Å². The molecule has 1 saturated carbocycles. The van der Waals surface area contributed by atoms with E-state index in [2.05, 4.69) is 24.4 Å². The molecular formula is C15H22N2O. The maximum absolute atomic E-state index is 12.0. The van der Waals surface area contributed by atoms with E-state index in [1.807, 2.05) is 12.1 Å². The number of aryl methyl sites for hydroxylation is 1. The van der Waals surface area contributed by atoms with E-state index in [4.69, 9.17) is 5.73 Å². The third kappa shape index (κ3) is 2.91. The summed E-state index contributed by atoms with van der Waals surface area (Å²) in [5.74, 6) is 0.0218. The Hall–Kier alpha value is -1.35. The van der Waals surface area contributed by atoms with E-state index in [-0.39, 0.29) is 5.91 Å². The van der Waals surface area contributed by atoms with E-state index in [1.54, 1.807) is 0 Å². The Kier molecular flexibility index (Phi) is 4.02. The molecule has 0 radical (unpaired) electrons. The van der Waals surface area contributed by atoms with Crippen LogP contribution in [0.2, 0.25) is 0 Å². The molecule has 1 fully saturated rings. The van der Waals surface area contributed by atoms with Gasteiger partial charge in [-0.1, -0.05) is 37.1 Å². The summed E-state index contributed by atoms with van der Waals surface area (Å²) in [5.41, 5.74) is 8.06. The van der Waals surface area contributed by atoms with Crippen molar-refractivity contribution in [2.45, 2.75) is 44.6 Å². The van der Waals surface area contributed by atoms with Crippen molar-refractivity contribution in [3.05, 3.63) is 35.4 Å². The van der Waals surface area contributed by atoms with E-state index < -0.39 is 5.54 Å². The van der Waals surface area contributed by atoms with Crippen LogP contribution in [0.1, 0.15) is 36.8 Å². The molecule has 1 aliphatic carbocycles. The number of nitrogens with two attached hydrogens (primary N) is 1. The van der Waals surface area contributed by atoms with Gasteiger partial charge in [0.25, 0.3) is 0 Å². The number of carbonyl (C=O) groups excluding carboxylic acids is 1. The molecule has 1 amide bonds. The van der Waals surface area contributed by atoms with Gasteiger partial charge in [-0.25, -0.2) is 0 Å². The Morgan fingerprint density at radius 1 is 1.33 bits per heavy atom. The molecule has 0 aromatic heterocycles. The first-order valence-electron chi connectivity index (χ1n) is 6.73. The highest BCUT2D eigenvalue weighted by atomic mass is 16.2. The lowest BCUT2D eigenvalue weighted by Gasteiger charge is -2.22. The van der Waals surface area contributed by atoms with E-state index in [0.717, 1.165) is 32.1 Å². The summed E-state index contributed by atoms with van der Waals surface area (Å²) in [6.07, 6.45) is 4.66. The highest BCUT2D eigenvalue weighted by Gasteiger charge is 2.36. The Morgan fingerprint density at radius 3 is 2.67 bits per heavy atom. The number of benzene rings is 1. The molecular weight excluding hydrogens is 224 g/mol. The van der Waals surface area contributed by atoms with Crippen LogP contribution in [0.5, 0.6) is 0 Å². The second-order valence-corrected chi connectivity index (χ2v) is 5.30. The predicted octanol–water partition coefficient (Wildman–Crippen LogP) is 1.93. The van der Waals surface area contributed by atoms with Crippen LogP contribution >= 0.6 is 0 Å². The number of nitrogens with one attached hydrogen (secondary N) is 1. The lowest BCUT2D eigenvalue weighted by Crippen LogP contribution is -2.52. The van der Waals surface area contributed by atoms with Crippen LogP contribution in [-0.2, 0) is 11.2 Å². The topological polar surface area (TPSA) is 55.1 Å². The van der Waals surface area contributed by atoms with Gasteiger partial charge in [0.05, 0.1) is 5.54 Å². The quantitative estimate of drug-likeness (QED) is 0.853. The van der Waals surface area contributed by atoms with Crippen molar-refractivity contribution in [1.29, 1.82) is 0 Å². The van der Waals surface area contributed by atoms with Gasteiger partial charge in [-0.3, -0.25) is 4.79 Å². The van der Waals surface area contributed by atoms with Crippen molar-refractivity contribution < 1.29 is 4.79 Å². The molecule has 98 valence electrons. The normalized spacial score (nSPS) is 17.7. The molecule has 3 nitrogen and oxygen atoms in total. The van der Waals surface area contributed by atoms with Crippen molar-refractivity contribution in [2.24, 2.45) is 5.73 Å². The number of hydrogen-bond acceptors (Lipinski definition) is 2. The van der Waals surface area contributed by atoms with Gasteiger partial charge in [-0.15, -0.1) is 0 Å². The van der Waals surface area contributed by atoms with E-state index >= 15 is 0 Å². The van der Waals surface area contributed by atoms with Gasteiger partial charge in [0.15, 0.2) is 0 Å². The maximum Gasteiger partial charge on any atom is 0.240 e. The Labute approximate surface area is 109 Å². The fraction of sp³-hybridized carbons (Fsp3) is 0.533. The van der Waals surface area contributed by atoms with E-state index in [9.17, 15) is 4.79 Å². The highest BCUT2D eigenvalue weighted by molar-refractivity contribution is 5.86. The highest BCUT2D eigenvalue weighted by Crippen LogP contribution is 2.27. The van der Waals surface area contributed by atoms with Crippen LogP contribution in [0.3, 0.4) is 0 Å². The minimum absolute atomic E-state index is 0.0218. The van der Waals surface area contributed by atoms with Gasteiger partial charge in [0, 0.05) is 6.54 Å². The van der Waals surface area contributed by atoms with Gasteiger partial charge >= 0.3 is 0 Å². The molecule has 0 aliphatic heterocycles. The van der Waals surface area contributed by atoms with Crippen molar-refractivity contribution in [3.8, 4) is 0 Å². The first-order chi connectivity index (χ1) is 8.62. The molecule has 18 heavy (non-hydrogen) atoms. The molecule has 1 aromatic rings. The SMILES string of the molecule is Cc1ccccc1CCNC(=O)C1(N)CCCC1. The zero-order valence-corrected chi connectivity index (χ0v) is 11.0. The number of amides is 1. The van der Waals surface area contributed by atoms with Crippen molar-refractivity contribution >= 4 is 5.91 Å². The molecule has 0 bridgehead atoms. The number of rotatable bonds is 4. The van der Waals surface area contributed by atoms with Gasteiger partial charge in [0.2, 0.25) is 5.91 Å². The molecule has 1 aliphatic rings. The molecule has 3 N–H and O–H groups in total. The zero-order valence-electron chi connectivity index (χ0n) is 11.0.